The monoisotopic (exact) mass is 415 g/mol. The summed E-state index contributed by atoms with van der Waals surface area (Å²) in [5.41, 5.74) is 1.35. The fraction of sp³-hybridized carbons (Fsp3) is 0.200. The van der Waals surface area contributed by atoms with Gasteiger partial charge < -0.3 is 14.7 Å². The van der Waals surface area contributed by atoms with Crippen LogP contribution >= 0.6 is 15.9 Å². The van der Waals surface area contributed by atoms with E-state index in [1.807, 2.05) is 6.07 Å². The Hall–Kier alpha value is -2.60. The van der Waals surface area contributed by atoms with Crippen molar-refractivity contribution in [3.63, 3.8) is 0 Å². The zero-order chi connectivity index (χ0) is 18.7. The quantitative estimate of drug-likeness (QED) is 0.351. The van der Waals surface area contributed by atoms with Crippen LogP contribution in [0.5, 0.6) is 5.75 Å². The molecule has 6 heteroatoms. The van der Waals surface area contributed by atoms with Gasteiger partial charge in [0.15, 0.2) is 0 Å². The molecule has 1 atom stereocenters. The molecule has 2 aromatic rings. The molecular formula is C20H18BrNO4. The lowest BCUT2D eigenvalue weighted by molar-refractivity contribution is -0.139. The van der Waals surface area contributed by atoms with Gasteiger partial charge in [0, 0.05) is 17.4 Å². The molecule has 1 heterocycles. The minimum Gasteiger partial charge on any atom is -0.507 e. The molecule has 1 fully saturated rings. The van der Waals surface area contributed by atoms with E-state index in [0.717, 1.165) is 5.56 Å². The highest BCUT2D eigenvalue weighted by Gasteiger charge is 2.45. The van der Waals surface area contributed by atoms with Crippen molar-refractivity contribution in [2.24, 2.45) is 0 Å². The van der Waals surface area contributed by atoms with Crippen LogP contribution in [0.25, 0.3) is 5.76 Å². The van der Waals surface area contributed by atoms with Gasteiger partial charge in [-0.1, -0.05) is 58.4 Å². The highest BCUT2D eigenvalue weighted by Crippen LogP contribution is 2.39. The molecule has 1 aliphatic rings. The molecule has 5 nitrogen and oxygen atoms in total. The van der Waals surface area contributed by atoms with Crippen LogP contribution in [0.2, 0.25) is 0 Å². The molecule has 134 valence electrons. The standard InChI is InChI=1S/C20H18BrNO4/c1-26-15-9-7-13(8-10-15)17-16(18(23)14-5-3-2-4-6-14)19(24)20(25)22(17)12-11-21/h2-10,17,23H,11-12H2,1H3/t17-/m0/s1. The number of hydrogen-bond acceptors (Lipinski definition) is 4. The first kappa shape index (κ1) is 18.2. The third-order valence-corrected chi connectivity index (χ3v) is 4.70. The summed E-state index contributed by atoms with van der Waals surface area (Å²) in [5, 5.41) is 11.3. The maximum Gasteiger partial charge on any atom is 0.295 e. The predicted octanol–water partition coefficient (Wildman–Crippen LogP) is 3.51. The average molecular weight is 416 g/mol. The molecular weight excluding hydrogens is 398 g/mol. The van der Waals surface area contributed by atoms with E-state index < -0.39 is 17.7 Å². The summed E-state index contributed by atoms with van der Waals surface area (Å²) in [5.74, 6) is -0.771. The first-order chi connectivity index (χ1) is 12.6. The average Bonchev–Trinajstić information content (AvgIpc) is 2.93. The summed E-state index contributed by atoms with van der Waals surface area (Å²) in [4.78, 5) is 26.7. The van der Waals surface area contributed by atoms with Gasteiger partial charge in [0.2, 0.25) is 0 Å². The van der Waals surface area contributed by atoms with Crippen LogP contribution in [-0.2, 0) is 9.59 Å². The van der Waals surface area contributed by atoms with E-state index in [2.05, 4.69) is 15.9 Å². The molecule has 0 spiro atoms. The van der Waals surface area contributed by atoms with E-state index in [1.165, 1.54) is 4.90 Å². The number of carbonyl (C=O) groups is 2. The first-order valence-electron chi connectivity index (χ1n) is 8.12. The van der Waals surface area contributed by atoms with Gasteiger partial charge in [-0.3, -0.25) is 9.59 Å². The van der Waals surface area contributed by atoms with Crippen molar-refractivity contribution in [1.29, 1.82) is 0 Å². The molecule has 2 aromatic carbocycles. The van der Waals surface area contributed by atoms with Gasteiger partial charge in [-0.05, 0) is 17.7 Å². The van der Waals surface area contributed by atoms with Crippen LogP contribution in [0.1, 0.15) is 17.2 Å². The van der Waals surface area contributed by atoms with E-state index in [1.54, 1.807) is 55.6 Å². The Kier molecular flexibility index (Phi) is 5.42. The SMILES string of the molecule is COc1ccc([C@H]2C(=C(O)c3ccccc3)C(=O)C(=O)N2CCBr)cc1. The molecule has 1 N–H and O–H groups in total. The Balaban J connectivity index is 2.15. The smallest absolute Gasteiger partial charge is 0.295 e. The summed E-state index contributed by atoms with van der Waals surface area (Å²) in [6.07, 6.45) is 0. The number of aliphatic hydroxyl groups excluding tert-OH is 1. The molecule has 0 unspecified atom stereocenters. The largest absolute Gasteiger partial charge is 0.507 e. The van der Waals surface area contributed by atoms with Gasteiger partial charge in [-0.25, -0.2) is 0 Å². The van der Waals surface area contributed by atoms with E-state index in [9.17, 15) is 14.7 Å². The van der Waals surface area contributed by atoms with Crippen molar-refractivity contribution in [2.45, 2.75) is 6.04 Å². The molecule has 26 heavy (non-hydrogen) atoms. The summed E-state index contributed by atoms with van der Waals surface area (Å²) in [6, 6.07) is 15.3. The van der Waals surface area contributed by atoms with E-state index >= 15 is 0 Å². The van der Waals surface area contributed by atoms with Crippen LogP contribution in [0, 0.1) is 0 Å². The summed E-state index contributed by atoms with van der Waals surface area (Å²) < 4.78 is 5.18. The van der Waals surface area contributed by atoms with Gasteiger partial charge in [0.05, 0.1) is 18.7 Å². The van der Waals surface area contributed by atoms with E-state index in [0.29, 0.717) is 23.2 Å². The second-order valence-electron chi connectivity index (χ2n) is 5.82. The van der Waals surface area contributed by atoms with E-state index in [-0.39, 0.29) is 11.3 Å². The van der Waals surface area contributed by atoms with Crippen LogP contribution in [0.15, 0.2) is 60.2 Å². The summed E-state index contributed by atoms with van der Waals surface area (Å²) >= 11 is 3.33. The number of hydrogen-bond donors (Lipinski definition) is 1. The van der Waals surface area contributed by atoms with Crippen molar-refractivity contribution >= 4 is 33.4 Å². The van der Waals surface area contributed by atoms with Crippen molar-refractivity contribution in [3.8, 4) is 5.75 Å². The maximum atomic E-state index is 12.7. The molecule has 0 aliphatic carbocycles. The molecule has 1 saturated heterocycles. The Bertz CT molecular complexity index is 846. The predicted molar refractivity (Wildman–Crippen MR) is 102 cm³/mol. The van der Waals surface area contributed by atoms with Crippen LogP contribution in [0.3, 0.4) is 0 Å². The number of Topliss-reactive ketones (excluding diaryl/α,β-unsaturated/α-hetero) is 1. The van der Waals surface area contributed by atoms with Gasteiger partial charge in [-0.2, -0.15) is 0 Å². The highest BCUT2D eigenvalue weighted by atomic mass is 79.9. The number of alkyl halides is 1. The van der Waals surface area contributed by atoms with Crippen molar-refractivity contribution in [1.82, 2.24) is 4.90 Å². The van der Waals surface area contributed by atoms with E-state index in [4.69, 9.17) is 4.74 Å². The lowest BCUT2D eigenvalue weighted by Crippen LogP contribution is -2.31. The lowest BCUT2D eigenvalue weighted by Gasteiger charge is -2.24. The molecule has 1 amide bonds. The molecule has 3 rings (SSSR count). The number of ether oxygens (including phenoxy) is 1. The van der Waals surface area contributed by atoms with Crippen LogP contribution in [-0.4, -0.2) is 40.7 Å². The Morgan fingerprint density at radius 1 is 1.12 bits per heavy atom. The number of carbonyl (C=O) groups excluding carboxylic acids is 2. The fourth-order valence-corrected chi connectivity index (χ4v) is 3.47. The number of aliphatic hydroxyl groups is 1. The Morgan fingerprint density at radius 2 is 1.77 bits per heavy atom. The number of methoxy groups -OCH3 is 1. The molecule has 0 aromatic heterocycles. The molecule has 0 radical (unpaired) electrons. The Morgan fingerprint density at radius 3 is 2.35 bits per heavy atom. The first-order valence-corrected chi connectivity index (χ1v) is 9.24. The number of benzene rings is 2. The molecule has 1 aliphatic heterocycles. The third kappa shape index (κ3) is 3.24. The molecule has 0 saturated carbocycles. The van der Waals surface area contributed by atoms with Gasteiger partial charge >= 0.3 is 0 Å². The third-order valence-electron chi connectivity index (χ3n) is 4.34. The minimum absolute atomic E-state index is 0.104. The number of rotatable bonds is 5. The second kappa shape index (κ2) is 7.74. The molecule has 0 bridgehead atoms. The Labute approximate surface area is 160 Å². The number of likely N-dealkylation sites (tertiary alicyclic amines) is 1. The van der Waals surface area contributed by atoms with Crippen LogP contribution in [0.4, 0.5) is 0 Å². The highest BCUT2D eigenvalue weighted by molar-refractivity contribution is 9.09. The zero-order valence-corrected chi connectivity index (χ0v) is 15.8. The normalized spacial score (nSPS) is 19.0. The summed E-state index contributed by atoms with van der Waals surface area (Å²) in [7, 11) is 1.57. The fourth-order valence-electron chi connectivity index (χ4n) is 3.09. The zero-order valence-electron chi connectivity index (χ0n) is 14.2. The number of amides is 1. The number of nitrogens with zero attached hydrogens (tertiary/aromatic N) is 1. The number of halogens is 1. The van der Waals surface area contributed by atoms with Crippen LogP contribution < -0.4 is 4.74 Å². The minimum atomic E-state index is -0.673. The van der Waals surface area contributed by atoms with Crippen molar-refractivity contribution in [2.75, 3.05) is 19.0 Å². The maximum absolute atomic E-state index is 12.7. The lowest BCUT2D eigenvalue weighted by atomic mass is 9.95. The van der Waals surface area contributed by atoms with Crippen molar-refractivity contribution in [3.05, 3.63) is 71.3 Å². The topological polar surface area (TPSA) is 66.8 Å². The summed E-state index contributed by atoms with van der Waals surface area (Å²) in [6.45, 7) is 0.354. The number of ketones is 1. The van der Waals surface area contributed by atoms with Crippen molar-refractivity contribution < 1.29 is 19.4 Å². The van der Waals surface area contributed by atoms with Gasteiger partial charge in [-0.15, -0.1) is 0 Å². The van der Waals surface area contributed by atoms with Gasteiger partial charge in [0.1, 0.15) is 11.5 Å². The van der Waals surface area contributed by atoms with Gasteiger partial charge in [0.25, 0.3) is 11.7 Å². The second-order valence-corrected chi connectivity index (χ2v) is 6.61.